The van der Waals surface area contributed by atoms with E-state index >= 15 is 0 Å². The molecule has 274 valence electrons. The van der Waals surface area contributed by atoms with Gasteiger partial charge in [-0.2, -0.15) is 0 Å². The summed E-state index contributed by atoms with van der Waals surface area (Å²) in [4.78, 5) is 94.4. The van der Waals surface area contributed by atoms with E-state index in [2.05, 4.69) is 31.6 Å². The van der Waals surface area contributed by atoms with Crippen molar-refractivity contribution < 1.29 is 48.9 Å². The van der Waals surface area contributed by atoms with E-state index in [1.165, 1.54) is 13.8 Å². The fourth-order valence-corrected chi connectivity index (χ4v) is 5.66. The first kappa shape index (κ1) is 40.8. The van der Waals surface area contributed by atoms with Crippen molar-refractivity contribution in [3.8, 4) is 0 Å². The van der Waals surface area contributed by atoms with E-state index in [0.717, 1.165) is 0 Å². The van der Waals surface area contributed by atoms with Gasteiger partial charge < -0.3 is 41.9 Å². The van der Waals surface area contributed by atoms with Crippen LogP contribution in [0.3, 0.4) is 0 Å². The molecule has 5 atom stereocenters. The van der Waals surface area contributed by atoms with Crippen LogP contribution in [0, 0.1) is 11.3 Å². The maximum Gasteiger partial charge on any atom is 0.326 e. The first-order valence-electron chi connectivity index (χ1n) is 16.7. The highest BCUT2D eigenvalue weighted by molar-refractivity contribution is 6.22. The van der Waals surface area contributed by atoms with E-state index < -0.39 is 71.2 Å². The average Bonchev–Trinajstić information content (AvgIpc) is 2.97. The number of hydrogen-bond acceptors (Lipinski definition) is 10. The third-order valence-corrected chi connectivity index (χ3v) is 8.35. The molecule has 1 heterocycles. The molecule has 0 aromatic rings. The summed E-state index contributed by atoms with van der Waals surface area (Å²) in [5.74, 6) is -5.77. The summed E-state index contributed by atoms with van der Waals surface area (Å²) in [6.45, 7) is 9.89. The van der Waals surface area contributed by atoms with Crippen molar-refractivity contribution in [1.29, 1.82) is 0 Å². The molecule has 49 heavy (non-hydrogen) atoms. The molecule has 5 amide bonds. The molecule has 1 saturated heterocycles. The van der Waals surface area contributed by atoms with E-state index in [1.54, 1.807) is 13.8 Å². The minimum atomic E-state index is -1.60. The number of ketones is 1. The van der Waals surface area contributed by atoms with Gasteiger partial charge in [0.1, 0.15) is 29.9 Å². The zero-order chi connectivity index (χ0) is 37.1. The Morgan fingerprint density at radius 1 is 0.898 bits per heavy atom. The molecule has 1 fully saturated rings. The first-order valence-corrected chi connectivity index (χ1v) is 16.7. The number of allylic oxidation sites excluding steroid dienone is 2. The van der Waals surface area contributed by atoms with Gasteiger partial charge in [-0.1, -0.05) is 27.7 Å². The zero-order valence-electron chi connectivity index (χ0n) is 29.2. The van der Waals surface area contributed by atoms with Gasteiger partial charge in [0.15, 0.2) is 5.78 Å². The normalized spacial score (nSPS) is 25.4. The van der Waals surface area contributed by atoms with Crippen LogP contribution in [0.15, 0.2) is 16.3 Å². The third-order valence-electron chi connectivity index (χ3n) is 8.35. The molecule has 1 aliphatic heterocycles. The number of amides is 5. The Bertz CT molecular complexity index is 1340. The molecule has 2 rings (SSSR count). The number of rotatable bonds is 7. The molecule has 2 unspecified atom stereocenters. The number of carboxylic acids is 1. The Kier molecular flexibility index (Phi) is 15.4. The fourth-order valence-electron chi connectivity index (χ4n) is 5.66. The summed E-state index contributed by atoms with van der Waals surface area (Å²) in [7, 11) is 0. The van der Waals surface area contributed by atoms with Gasteiger partial charge in [0.05, 0.1) is 11.7 Å². The Morgan fingerprint density at radius 2 is 1.53 bits per heavy atom. The number of aliphatic imine (C=N–C) groups is 1. The van der Waals surface area contributed by atoms with Gasteiger partial charge in [-0.25, -0.2) is 4.79 Å². The molecule has 16 heteroatoms. The fraction of sp³-hybridized carbons (Fsp3) is 0.697. The zero-order valence-corrected chi connectivity index (χ0v) is 29.2. The van der Waals surface area contributed by atoms with Crippen LogP contribution in [0.4, 0.5) is 0 Å². The van der Waals surface area contributed by atoms with Crippen molar-refractivity contribution in [1.82, 2.24) is 26.6 Å². The number of hydrogen-bond donors (Lipinski definition) is 8. The topological polar surface area (TPSA) is 253 Å². The second-order valence-electron chi connectivity index (χ2n) is 13.8. The van der Waals surface area contributed by atoms with Gasteiger partial charge in [-0.3, -0.25) is 33.8 Å². The van der Waals surface area contributed by atoms with Crippen LogP contribution in [0.1, 0.15) is 92.9 Å². The summed E-state index contributed by atoms with van der Waals surface area (Å²) in [6, 6.07) is -5.51. The number of aliphatic hydroxyl groups excluding tert-OH is 2. The van der Waals surface area contributed by atoms with Crippen LogP contribution < -0.4 is 26.6 Å². The Labute approximate surface area is 286 Å². The van der Waals surface area contributed by atoms with Gasteiger partial charge in [0.25, 0.3) is 0 Å². The summed E-state index contributed by atoms with van der Waals surface area (Å²) >= 11 is 0. The van der Waals surface area contributed by atoms with Crippen molar-refractivity contribution >= 4 is 47.0 Å². The molecular formula is C33H52N6O10. The highest BCUT2D eigenvalue weighted by atomic mass is 16.4. The Balaban J connectivity index is 2.45. The van der Waals surface area contributed by atoms with Gasteiger partial charge in [0, 0.05) is 44.5 Å². The quantitative estimate of drug-likeness (QED) is 0.168. The molecule has 2 aliphatic rings. The van der Waals surface area contributed by atoms with E-state index in [4.69, 9.17) is 0 Å². The molecule has 16 nitrogen and oxygen atoms in total. The number of nitrogens with zero attached hydrogens (tertiary/aromatic N) is 1. The Morgan fingerprint density at radius 3 is 2.12 bits per heavy atom. The Hall–Kier alpha value is -4.34. The van der Waals surface area contributed by atoms with E-state index in [1.807, 2.05) is 13.8 Å². The van der Waals surface area contributed by atoms with Gasteiger partial charge in [-0.15, -0.1) is 0 Å². The number of aliphatic carboxylic acids is 1. The lowest BCUT2D eigenvalue weighted by Gasteiger charge is -2.30. The van der Waals surface area contributed by atoms with Gasteiger partial charge in [0.2, 0.25) is 29.5 Å². The van der Waals surface area contributed by atoms with Crippen LogP contribution in [0.25, 0.3) is 0 Å². The second kappa shape index (κ2) is 18.4. The smallest absolute Gasteiger partial charge is 0.326 e. The summed E-state index contributed by atoms with van der Waals surface area (Å²) in [5, 5.41) is 43.4. The highest BCUT2D eigenvalue weighted by Gasteiger charge is 2.36. The maximum absolute atomic E-state index is 13.7. The molecular weight excluding hydrogens is 640 g/mol. The first-order chi connectivity index (χ1) is 22.8. The van der Waals surface area contributed by atoms with Gasteiger partial charge >= 0.3 is 5.97 Å². The number of nitrogens with one attached hydrogen (secondary N) is 5. The molecule has 1 aliphatic carbocycles. The molecule has 0 aromatic heterocycles. The molecule has 0 spiro atoms. The van der Waals surface area contributed by atoms with E-state index in [-0.39, 0.29) is 80.3 Å². The van der Waals surface area contributed by atoms with E-state index in [0.29, 0.717) is 12.8 Å². The monoisotopic (exact) mass is 692 g/mol. The van der Waals surface area contributed by atoms with Crippen molar-refractivity contribution in [2.45, 2.75) is 123 Å². The van der Waals surface area contributed by atoms with Gasteiger partial charge in [-0.05, 0) is 50.9 Å². The number of Topliss-reactive ketones (excluding diaryl/α,β-unsaturated/α-hetero) is 1. The van der Waals surface area contributed by atoms with E-state index in [9.17, 15) is 48.9 Å². The lowest BCUT2D eigenvalue weighted by atomic mass is 9.75. The highest BCUT2D eigenvalue weighted by Crippen LogP contribution is 2.36. The lowest BCUT2D eigenvalue weighted by molar-refractivity contribution is -0.144. The standard InChI is InChI=1S/C33H52N6O10/c1-17(2)27(32(48)49)38-30(46)21-10-11-24(43)35-14-12-25(44)34-13-8-7-9-20(29(45)39-28(19(4)40)31(47)37-21)36-18(3)26-22(41)15-33(5,6)16-23(26)42/h17,19-21,27-28,40-41H,7-16H2,1-6H3,(H,34,44)(H,35,43)(H,37,47)(H,38,46)(H,39,45)(H,48,49)/t19-,20+,21+,27?,28?/m1/s1. The molecule has 0 saturated carbocycles. The summed E-state index contributed by atoms with van der Waals surface area (Å²) in [6.07, 6.45) is -0.683. The van der Waals surface area contributed by atoms with Crippen molar-refractivity contribution in [2.24, 2.45) is 16.3 Å². The minimum absolute atomic E-state index is 0.0134. The number of carbonyl (C=O) groups excluding carboxylic acids is 6. The minimum Gasteiger partial charge on any atom is -0.511 e. The number of carboxylic acid groups (broad SMARTS) is 1. The van der Waals surface area contributed by atoms with Crippen LogP contribution >= 0.6 is 0 Å². The number of aliphatic hydroxyl groups is 2. The summed E-state index contributed by atoms with van der Waals surface area (Å²) < 4.78 is 0. The lowest BCUT2D eigenvalue weighted by Crippen LogP contribution is -2.59. The van der Waals surface area contributed by atoms with Crippen molar-refractivity contribution in [3.05, 3.63) is 11.3 Å². The van der Waals surface area contributed by atoms with Crippen molar-refractivity contribution in [2.75, 3.05) is 13.1 Å². The predicted octanol–water partition coefficient (Wildman–Crippen LogP) is 0.180. The second-order valence-corrected chi connectivity index (χ2v) is 13.8. The largest absolute Gasteiger partial charge is 0.511 e. The molecule has 0 radical (unpaired) electrons. The molecule has 0 bridgehead atoms. The third kappa shape index (κ3) is 12.9. The predicted molar refractivity (Wildman–Crippen MR) is 178 cm³/mol. The van der Waals surface area contributed by atoms with Crippen LogP contribution in [-0.2, 0) is 33.6 Å². The SMILES string of the molecule is CC(=N[C@H]1CCCCNC(=O)CCNC(=O)CC[C@@H](C(=O)NC(C(=O)O)C(C)C)NC(=O)C([C@@H](C)O)NC1=O)C1=C(O)CC(C)(C)CC1=O. The summed E-state index contributed by atoms with van der Waals surface area (Å²) in [5.41, 5.74) is -0.294. The molecule has 8 N–H and O–H groups in total. The van der Waals surface area contributed by atoms with Crippen LogP contribution in [0.2, 0.25) is 0 Å². The van der Waals surface area contributed by atoms with Crippen LogP contribution in [0.5, 0.6) is 0 Å². The van der Waals surface area contributed by atoms with Crippen LogP contribution in [-0.4, -0.2) is 106 Å². The maximum atomic E-state index is 13.7. The average molecular weight is 693 g/mol. The van der Waals surface area contributed by atoms with Crippen molar-refractivity contribution in [3.63, 3.8) is 0 Å². The molecule has 0 aromatic carbocycles. The number of carbonyl (C=O) groups is 7.